The van der Waals surface area contributed by atoms with Crippen LogP contribution in [0.3, 0.4) is 0 Å². The minimum atomic E-state index is 0.132. The third-order valence-corrected chi connectivity index (χ3v) is 5.79. The Labute approximate surface area is 129 Å². The highest BCUT2D eigenvalue weighted by atomic mass is 127. The van der Waals surface area contributed by atoms with Crippen molar-refractivity contribution >= 4 is 30.3 Å². The lowest BCUT2D eigenvalue weighted by Gasteiger charge is -2.36. The van der Waals surface area contributed by atoms with Crippen molar-refractivity contribution in [3.63, 3.8) is 0 Å². The van der Waals surface area contributed by atoms with E-state index >= 15 is 0 Å². The Morgan fingerprint density at radius 1 is 1.53 bits per heavy atom. The predicted octanol–water partition coefficient (Wildman–Crippen LogP) is 2.64. The zero-order valence-electron chi connectivity index (χ0n) is 10.9. The van der Waals surface area contributed by atoms with E-state index < -0.39 is 0 Å². The summed E-state index contributed by atoms with van der Waals surface area (Å²) >= 11 is 2.35. The van der Waals surface area contributed by atoms with E-state index in [1.165, 1.54) is 12.8 Å². The topological polar surface area (TPSA) is 39.5 Å². The average molecular weight is 395 g/mol. The SMILES string of the molecule is COCn1cc([C@H]2CN(SI)CC(C3CC3)O2)cn1. The maximum absolute atomic E-state index is 6.27. The molecule has 0 radical (unpaired) electrons. The van der Waals surface area contributed by atoms with E-state index in [4.69, 9.17) is 9.47 Å². The normalized spacial score (nSPS) is 28.7. The van der Waals surface area contributed by atoms with Crippen LogP contribution in [0.5, 0.6) is 0 Å². The van der Waals surface area contributed by atoms with E-state index in [0.29, 0.717) is 12.8 Å². The fraction of sp³-hybridized carbons (Fsp3) is 0.750. The largest absolute Gasteiger partial charge is 0.367 e. The van der Waals surface area contributed by atoms with Gasteiger partial charge in [0.25, 0.3) is 0 Å². The van der Waals surface area contributed by atoms with Crippen molar-refractivity contribution in [2.75, 3.05) is 20.2 Å². The zero-order chi connectivity index (χ0) is 13.2. The van der Waals surface area contributed by atoms with Crippen LogP contribution in [0.1, 0.15) is 24.5 Å². The van der Waals surface area contributed by atoms with Gasteiger partial charge in [0.05, 0.1) is 18.4 Å². The molecule has 106 valence electrons. The second kappa shape index (κ2) is 6.30. The second-order valence-electron chi connectivity index (χ2n) is 5.15. The summed E-state index contributed by atoms with van der Waals surface area (Å²) in [7, 11) is 3.46. The van der Waals surface area contributed by atoms with Crippen LogP contribution in [0.15, 0.2) is 12.4 Å². The molecule has 0 amide bonds. The van der Waals surface area contributed by atoms with Crippen molar-refractivity contribution in [2.24, 2.45) is 5.92 Å². The Kier molecular flexibility index (Phi) is 4.68. The zero-order valence-corrected chi connectivity index (χ0v) is 13.8. The quantitative estimate of drug-likeness (QED) is 0.566. The highest BCUT2D eigenvalue weighted by Crippen LogP contribution is 2.41. The van der Waals surface area contributed by atoms with Gasteiger partial charge in [-0.05, 0) is 27.9 Å². The molecular weight excluding hydrogens is 377 g/mol. The number of hydrogen-bond acceptors (Lipinski definition) is 5. The molecule has 1 unspecified atom stereocenters. The van der Waals surface area contributed by atoms with E-state index in [1.54, 1.807) is 20.9 Å². The monoisotopic (exact) mass is 395 g/mol. The molecule has 7 heteroatoms. The van der Waals surface area contributed by atoms with E-state index in [9.17, 15) is 0 Å². The van der Waals surface area contributed by atoms with Gasteiger partial charge in [-0.15, -0.1) is 0 Å². The second-order valence-corrected chi connectivity index (χ2v) is 6.98. The van der Waals surface area contributed by atoms with Crippen LogP contribution in [0, 0.1) is 5.92 Å². The van der Waals surface area contributed by atoms with Gasteiger partial charge >= 0.3 is 0 Å². The summed E-state index contributed by atoms with van der Waals surface area (Å²) in [6.45, 7) is 2.46. The van der Waals surface area contributed by atoms with Crippen molar-refractivity contribution in [3.05, 3.63) is 18.0 Å². The first-order valence-electron chi connectivity index (χ1n) is 6.50. The Bertz CT molecular complexity index is 427. The minimum absolute atomic E-state index is 0.132. The molecule has 1 saturated heterocycles. The minimum Gasteiger partial charge on any atom is -0.367 e. The summed E-state index contributed by atoms with van der Waals surface area (Å²) < 4.78 is 15.6. The molecule has 2 fully saturated rings. The lowest BCUT2D eigenvalue weighted by Crippen LogP contribution is -2.41. The molecule has 0 N–H and O–H groups in total. The number of hydrogen-bond donors (Lipinski definition) is 0. The van der Waals surface area contributed by atoms with Crippen molar-refractivity contribution in [1.82, 2.24) is 14.1 Å². The first-order chi connectivity index (χ1) is 9.30. The molecule has 1 aliphatic heterocycles. The summed E-state index contributed by atoms with van der Waals surface area (Å²) in [5.74, 6) is 0.767. The molecule has 1 aromatic rings. The van der Waals surface area contributed by atoms with E-state index in [-0.39, 0.29) is 6.10 Å². The Hall–Kier alpha value is 0.170. The van der Waals surface area contributed by atoms with Gasteiger partial charge in [0.15, 0.2) is 0 Å². The maximum Gasteiger partial charge on any atom is 0.138 e. The molecule has 3 rings (SSSR count). The van der Waals surface area contributed by atoms with Crippen LogP contribution in [0.2, 0.25) is 0 Å². The molecule has 19 heavy (non-hydrogen) atoms. The lowest BCUT2D eigenvalue weighted by molar-refractivity contribution is -0.0720. The number of rotatable bonds is 5. The fourth-order valence-corrected chi connectivity index (χ4v) is 3.83. The summed E-state index contributed by atoms with van der Waals surface area (Å²) in [4.78, 5) is 0. The van der Waals surface area contributed by atoms with Crippen LogP contribution in [0.4, 0.5) is 0 Å². The van der Waals surface area contributed by atoms with Crippen LogP contribution in [0.25, 0.3) is 0 Å². The number of methoxy groups -OCH3 is 1. The number of ether oxygens (including phenoxy) is 2. The molecule has 2 heterocycles. The predicted molar refractivity (Wildman–Crippen MR) is 82.8 cm³/mol. The number of morpholine rings is 1. The molecule has 0 bridgehead atoms. The molecule has 5 nitrogen and oxygen atoms in total. The molecule has 0 aromatic carbocycles. The Balaban J connectivity index is 1.70. The van der Waals surface area contributed by atoms with E-state index in [2.05, 4.69) is 30.6 Å². The van der Waals surface area contributed by atoms with Crippen molar-refractivity contribution < 1.29 is 9.47 Å². The molecule has 2 aliphatic rings. The number of aromatic nitrogens is 2. The molecule has 2 atom stereocenters. The van der Waals surface area contributed by atoms with Gasteiger partial charge in [0, 0.05) is 53.2 Å². The standard InChI is InChI=1S/C12H18IN3O2S/c1-17-8-15-5-10(4-14-15)12-7-16(19-13)6-11(18-12)9-2-3-9/h4-5,9,11-12H,2-3,6-8H2,1H3/t11?,12-/m1/s1. The molecule has 0 spiro atoms. The van der Waals surface area contributed by atoms with E-state index in [0.717, 1.165) is 24.6 Å². The van der Waals surface area contributed by atoms with Crippen LogP contribution >= 0.6 is 30.3 Å². The van der Waals surface area contributed by atoms with E-state index in [1.807, 2.05) is 12.4 Å². The van der Waals surface area contributed by atoms with Gasteiger partial charge in [0.1, 0.15) is 6.73 Å². The van der Waals surface area contributed by atoms with Gasteiger partial charge in [-0.2, -0.15) is 5.10 Å². The number of halogens is 1. The Morgan fingerprint density at radius 3 is 3.05 bits per heavy atom. The molecule has 1 saturated carbocycles. The third-order valence-electron chi connectivity index (χ3n) is 3.62. The Morgan fingerprint density at radius 2 is 2.37 bits per heavy atom. The lowest BCUT2D eigenvalue weighted by atomic mass is 10.1. The van der Waals surface area contributed by atoms with Gasteiger partial charge in [-0.3, -0.25) is 0 Å². The highest BCUT2D eigenvalue weighted by Gasteiger charge is 2.39. The first kappa shape index (κ1) is 14.1. The van der Waals surface area contributed by atoms with Crippen LogP contribution in [-0.2, 0) is 16.2 Å². The van der Waals surface area contributed by atoms with Gasteiger partial charge < -0.3 is 9.47 Å². The summed E-state index contributed by atoms with van der Waals surface area (Å²) in [5, 5.41) is 4.30. The first-order valence-corrected chi connectivity index (χ1v) is 9.82. The van der Waals surface area contributed by atoms with Gasteiger partial charge in [-0.1, -0.05) is 0 Å². The average Bonchev–Trinajstić information content (AvgIpc) is 3.19. The summed E-state index contributed by atoms with van der Waals surface area (Å²) in [6.07, 6.45) is 7.08. The maximum atomic E-state index is 6.27. The van der Waals surface area contributed by atoms with Crippen LogP contribution in [-0.4, -0.2) is 40.4 Å². The number of nitrogens with zero attached hydrogens (tertiary/aromatic N) is 3. The van der Waals surface area contributed by atoms with Crippen molar-refractivity contribution in [3.8, 4) is 0 Å². The van der Waals surface area contributed by atoms with Crippen molar-refractivity contribution in [1.29, 1.82) is 0 Å². The third kappa shape index (κ3) is 3.44. The van der Waals surface area contributed by atoms with Gasteiger partial charge in [-0.25, -0.2) is 8.99 Å². The van der Waals surface area contributed by atoms with Gasteiger partial charge in [0.2, 0.25) is 0 Å². The highest BCUT2D eigenvalue weighted by molar-refractivity contribution is 14.2. The molecule has 1 aliphatic carbocycles. The molecule has 1 aromatic heterocycles. The smallest absolute Gasteiger partial charge is 0.138 e. The summed E-state index contributed by atoms with van der Waals surface area (Å²) in [5.41, 5.74) is 1.15. The fourth-order valence-electron chi connectivity index (χ4n) is 2.47. The van der Waals surface area contributed by atoms with Crippen LogP contribution < -0.4 is 0 Å². The summed E-state index contributed by atoms with van der Waals surface area (Å²) in [6, 6.07) is 0. The molecular formula is C12H18IN3O2S. The van der Waals surface area contributed by atoms with Crippen molar-refractivity contribution in [2.45, 2.75) is 31.8 Å².